The number of carbonyl (C=O) groups excluding carboxylic acids is 1. The molecule has 0 aromatic heterocycles. The van der Waals surface area contributed by atoms with Gasteiger partial charge >= 0.3 is 0 Å². The zero-order chi connectivity index (χ0) is 21.6. The number of nitrogens with one attached hydrogen (secondary N) is 2. The zero-order valence-electron chi connectivity index (χ0n) is 16.3. The van der Waals surface area contributed by atoms with Gasteiger partial charge in [0.15, 0.2) is 0 Å². The number of alkyl halides is 2. The van der Waals surface area contributed by atoms with Crippen molar-refractivity contribution in [2.45, 2.75) is 19.8 Å². The molecule has 4 nitrogen and oxygen atoms in total. The van der Waals surface area contributed by atoms with Crippen LogP contribution in [0, 0.1) is 13.5 Å². The molecule has 0 bridgehead atoms. The number of carbonyl (C=O) groups is 1. The molecule has 2 N–H and O–H groups in total. The third-order valence-corrected chi connectivity index (χ3v) is 4.12. The number of allylic oxidation sites excluding steroid dienone is 2. The van der Waals surface area contributed by atoms with Crippen molar-refractivity contribution in [2.75, 3.05) is 10.6 Å². The summed E-state index contributed by atoms with van der Waals surface area (Å²) >= 11 is 0. The number of benzene rings is 2. The van der Waals surface area contributed by atoms with Crippen LogP contribution in [0.15, 0.2) is 77.6 Å². The Kier molecular flexibility index (Phi) is 6.83. The third-order valence-electron chi connectivity index (χ3n) is 4.12. The molecule has 0 saturated heterocycles. The van der Waals surface area contributed by atoms with Gasteiger partial charge in [-0.15, -0.1) is 0 Å². The summed E-state index contributed by atoms with van der Waals surface area (Å²) in [5.74, 6) is -3.43. The van der Waals surface area contributed by atoms with E-state index in [4.69, 9.17) is 6.58 Å². The minimum atomic E-state index is -3.00. The van der Waals surface area contributed by atoms with E-state index in [-0.39, 0.29) is 16.9 Å². The summed E-state index contributed by atoms with van der Waals surface area (Å²) in [6, 6.07) is 10.6. The molecule has 0 fully saturated rings. The van der Waals surface area contributed by atoms with Crippen molar-refractivity contribution in [1.82, 2.24) is 0 Å². The van der Waals surface area contributed by atoms with E-state index in [1.807, 2.05) is 6.92 Å². The van der Waals surface area contributed by atoms with Crippen LogP contribution in [0.4, 0.5) is 20.2 Å². The van der Waals surface area contributed by atoms with Crippen molar-refractivity contribution in [1.29, 1.82) is 0 Å². The van der Waals surface area contributed by atoms with Gasteiger partial charge in [0.2, 0.25) is 0 Å². The van der Waals surface area contributed by atoms with Crippen LogP contribution in [-0.2, 0) is 5.92 Å². The molecule has 0 aliphatic carbocycles. The molecule has 0 aliphatic rings. The lowest BCUT2D eigenvalue weighted by molar-refractivity contribution is 0.0175. The van der Waals surface area contributed by atoms with Crippen LogP contribution >= 0.6 is 0 Å². The number of amides is 1. The van der Waals surface area contributed by atoms with Crippen molar-refractivity contribution >= 4 is 24.0 Å². The predicted molar refractivity (Wildman–Crippen MR) is 114 cm³/mol. The first-order valence-corrected chi connectivity index (χ1v) is 8.75. The number of halogens is 2. The van der Waals surface area contributed by atoms with Crippen molar-refractivity contribution in [3.8, 4) is 0 Å². The lowest BCUT2D eigenvalue weighted by atomic mass is 10.1. The van der Waals surface area contributed by atoms with E-state index in [0.717, 1.165) is 12.5 Å². The van der Waals surface area contributed by atoms with Crippen molar-refractivity contribution in [2.24, 2.45) is 4.99 Å². The molecule has 2 aromatic carbocycles. The molecule has 0 heterocycles. The zero-order valence-corrected chi connectivity index (χ0v) is 16.3. The number of hydrogen-bond acceptors (Lipinski definition) is 3. The van der Waals surface area contributed by atoms with Crippen LogP contribution in [0.2, 0.25) is 0 Å². The molecular weight excluding hydrogens is 372 g/mol. The summed E-state index contributed by atoms with van der Waals surface area (Å²) in [6.07, 6.45) is 3.13. The van der Waals surface area contributed by atoms with Gasteiger partial charge in [0.1, 0.15) is 0 Å². The van der Waals surface area contributed by atoms with Crippen LogP contribution in [0.5, 0.6) is 0 Å². The number of nitrogens with zero attached hydrogens (tertiary/aromatic N) is 1. The summed E-state index contributed by atoms with van der Waals surface area (Å²) in [5, 5.41) is 5.63. The average molecular weight is 394 g/mol. The normalized spacial score (nSPS) is 11.5. The SMILES string of the molecule is [CH]=C(Nc1cc(C(=O)Nc2cccc(C(C)(F)F)c2)ccc1C)/C(=C/C=C)N=C. The highest BCUT2D eigenvalue weighted by Gasteiger charge is 2.24. The second-order valence-electron chi connectivity index (χ2n) is 6.44. The summed E-state index contributed by atoms with van der Waals surface area (Å²) < 4.78 is 27.0. The maximum atomic E-state index is 13.5. The van der Waals surface area contributed by atoms with Gasteiger partial charge < -0.3 is 10.6 Å². The fraction of sp³-hybridized carbons (Fsp3) is 0.130. The Morgan fingerprint density at radius 1 is 1.21 bits per heavy atom. The van der Waals surface area contributed by atoms with Gasteiger partial charge in [-0.1, -0.05) is 30.9 Å². The maximum absolute atomic E-state index is 13.5. The minimum Gasteiger partial charge on any atom is -0.354 e. The minimum absolute atomic E-state index is 0.178. The maximum Gasteiger partial charge on any atom is 0.270 e. The van der Waals surface area contributed by atoms with E-state index in [1.165, 1.54) is 24.3 Å². The first-order valence-electron chi connectivity index (χ1n) is 8.75. The molecule has 0 unspecified atom stereocenters. The standard InChI is InChI=1S/C23H22F2N3O/c1-6-8-20(26-5)16(3)27-21-13-17(12-11-15(21)2)22(29)28-19-10-7-9-18(14-19)23(4,24)25/h3,6-14,27H,1,5H2,2,4H3,(H,28,29)/b16-3?,20-8-. The summed E-state index contributed by atoms with van der Waals surface area (Å²) in [4.78, 5) is 16.4. The Hall–Kier alpha value is -3.54. The fourth-order valence-corrected chi connectivity index (χ4v) is 2.52. The van der Waals surface area contributed by atoms with E-state index < -0.39 is 11.8 Å². The van der Waals surface area contributed by atoms with Crippen molar-refractivity contribution in [3.05, 3.63) is 95.9 Å². The molecule has 6 heteroatoms. The largest absolute Gasteiger partial charge is 0.354 e. The molecule has 0 aliphatic heterocycles. The molecule has 2 rings (SSSR count). The van der Waals surface area contributed by atoms with Gasteiger partial charge in [0.05, 0.1) is 11.4 Å². The molecule has 0 spiro atoms. The quantitative estimate of drug-likeness (QED) is 0.435. The molecule has 1 amide bonds. The van der Waals surface area contributed by atoms with Crippen LogP contribution in [0.3, 0.4) is 0 Å². The lowest BCUT2D eigenvalue weighted by Gasteiger charge is -2.15. The first-order chi connectivity index (χ1) is 13.7. The molecule has 0 atom stereocenters. The second kappa shape index (κ2) is 9.10. The van der Waals surface area contributed by atoms with Crippen LogP contribution in [-0.4, -0.2) is 12.6 Å². The average Bonchev–Trinajstić information content (AvgIpc) is 2.67. The summed E-state index contributed by atoms with van der Waals surface area (Å²) in [6.45, 7) is 15.7. The number of aryl methyl sites for hydroxylation is 1. The van der Waals surface area contributed by atoms with Crippen LogP contribution < -0.4 is 10.6 Å². The second-order valence-corrected chi connectivity index (χ2v) is 6.44. The van der Waals surface area contributed by atoms with Gasteiger partial charge in [-0.2, -0.15) is 0 Å². The monoisotopic (exact) mass is 394 g/mol. The molecule has 1 radical (unpaired) electrons. The van der Waals surface area contributed by atoms with Gasteiger partial charge in [-0.05, 0) is 56.1 Å². The highest BCUT2D eigenvalue weighted by Crippen LogP contribution is 2.29. The number of rotatable bonds is 8. The van der Waals surface area contributed by atoms with E-state index >= 15 is 0 Å². The van der Waals surface area contributed by atoms with Crippen LogP contribution in [0.1, 0.15) is 28.4 Å². The van der Waals surface area contributed by atoms with E-state index in [1.54, 1.807) is 30.3 Å². The van der Waals surface area contributed by atoms with E-state index in [0.29, 0.717) is 16.9 Å². The van der Waals surface area contributed by atoms with Gasteiger partial charge in [0, 0.05) is 29.4 Å². The Morgan fingerprint density at radius 2 is 1.93 bits per heavy atom. The molecule has 2 aromatic rings. The number of anilines is 2. The van der Waals surface area contributed by atoms with E-state index in [2.05, 4.69) is 28.9 Å². The van der Waals surface area contributed by atoms with Gasteiger partial charge in [-0.3, -0.25) is 9.79 Å². The summed E-state index contributed by atoms with van der Waals surface area (Å²) in [5.41, 5.74) is 2.54. The topological polar surface area (TPSA) is 53.5 Å². The Bertz CT molecular complexity index is 988. The van der Waals surface area contributed by atoms with Gasteiger partial charge in [0.25, 0.3) is 11.8 Å². The molecular formula is C23H22F2N3O. The molecule has 149 valence electrons. The number of aliphatic imine (C=N–C) groups is 1. The van der Waals surface area contributed by atoms with Crippen LogP contribution in [0.25, 0.3) is 0 Å². The van der Waals surface area contributed by atoms with E-state index in [9.17, 15) is 13.6 Å². The van der Waals surface area contributed by atoms with Crippen molar-refractivity contribution in [3.63, 3.8) is 0 Å². The fourth-order valence-electron chi connectivity index (χ4n) is 2.52. The number of hydrogen-bond donors (Lipinski definition) is 2. The Labute approximate surface area is 169 Å². The Balaban J connectivity index is 2.23. The predicted octanol–water partition coefficient (Wildman–Crippen LogP) is 5.86. The lowest BCUT2D eigenvalue weighted by Crippen LogP contribution is -2.14. The smallest absolute Gasteiger partial charge is 0.270 e. The van der Waals surface area contributed by atoms with Crippen molar-refractivity contribution < 1.29 is 13.6 Å². The first kappa shape index (κ1) is 21.8. The molecule has 29 heavy (non-hydrogen) atoms. The highest BCUT2D eigenvalue weighted by molar-refractivity contribution is 6.05. The summed E-state index contributed by atoms with van der Waals surface area (Å²) in [7, 11) is 0. The van der Waals surface area contributed by atoms with Gasteiger partial charge in [-0.25, -0.2) is 8.78 Å². The third kappa shape index (κ3) is 5.72. The highest BCUT2D eigenvalue weighted by atomic mass is 19.3. The molecule has 0 saturated carbocycles. The Morgan fingerprint density at radius 3 is 2.55 bits per heavy atom.